The molecule has 0 spiro atoms. The third-order valence-electron chi connectivity index (χ3n) is 11.4. The number of hydrogen-bond acceptors (Lipinski definition) is 4. The Morgan fingerprint density at radius 2 is 0.732 bits per heavy atom. The molecule has 0 amide bonds. The second kappa shape index (κ2) is 13.5. The maximum absolute atomic E-state index is 13.7. The summed E-state index contributed by atoms with van der Waals surface area (Å²) in [5.74, 6) is 0. The first-order chi connectivity index (χ1) is 27.5. The molecule has 10 rings (SSSR count). The van der Waals surface area contributed by atoms with Crippen LogP contribution in [0.3, 0.4) is 0 Å². The van der Waals surface area contributed by atoms with E-state index in [1.54, 1.807) is 0 Å². The molecule has 0 fully saturated rings. The third-order valence-corrected chi connectivity index (χ3v) is 11.4. The van der Waals surface area contributed by atoms with Crippen LogP contribution >= 0.6 is 0 Å². The Morgan fingerprint density at radius 3 is 1.11 bits per heavy atom. The van der Waals surface area contributed by atoms with Gasteiger partial charge in [0.15, 0.2) is 0 Å². The zero-order valence-electron chi connectivity index (χ0n) is 31.3. The predicted octanol–water partition coefficient (Wildman–Crippen LogP) is 13.4. The van der Waals surface area contributed by atoms with E-state index in [9.17, 15) is 9.59 Å². The summed E-state index contributed by atoms with van der Waals surface area (Å²) in [6.45, 7) is 4.38. The molecule has 0 bridgehead atoms. The van der Waals surface area contributed by atoms with Crippen LogP contribution in [-0.2, 0) is 12.8 Å². The number of benzene rings is 8. The Bertz CT molecular complexity index is 3100. The van der Waals surface area contributed by atoms with E-state index in [4.69, 9.17) is 8.83 Å². The molecule has 2 heterocycles. The van der Waals surface area contributed by atoms with Crippen LogP contribution in [0.5, 0.6) is 0 Å². The van der Waals surface area contributed by atoms with Crippen molar-refractivity contribution in [3.8, 4) is 33.4 Å². The highest BCUT2D eigenvalue weighted by molar-refractivity contribution is 6.13. The fourth-order valence-corrected chi connectivity index (χ4v) is 8.78. The molecule has 0 saturated carbocycles. The van der Waals surface area contributed by atoms with E-state index in [2.05, 4.69) is 86.6 Å². The van der Waals surface area contributed by atoms with Gasteiger partial charge in [-0.15, -0.1) is 0 Å². The molecule has 4 nitrogen and oxygen atoms in total. The van der Waals surface area contributed by atoms with E-state index < -0.39 is 0 Å². The van der Waals surface area contributed by atoms with Gasteiger partial charge in [-0.1, -0.05) is 148 Å². The monoisotopic (exact) mass is 726 g/mol. The van der Waals surface area contributed by atoms with Gasteiger partial charge in [0, 0.05) is 10.8 Å². The summed E-state index contributed by atoms with van der Waals surface area (Å²) in [7, 11) is 0. The smallest absolute Gasteiger partial charge is 0.344 e. The van der Waals surface area contributed by atoms with E-state index in [-0.39, 0.29) is 11.3 Å². The van der Waals surface area contributed by atoms with Crippen LogP contribution in [0.15, 0.2) is 164 Å². The summed E-state index contributed by atoms with van der Waals surface area (Å²) >= 11 is 0. The maximum Gasteiger partial charge on any atom is 0.344 e. The number of aryl methyl sites for hydroxylation is 2. The normalized spacial score (nSPS) is 11.8. The molecule has 4 heteroatoms. The molecule has 8 aromatic carbocycles. The first-order valence-electron chi connectivity index (χ1n) is 19.5. The number of hydrogen-bond donors (Lipinski definition) is 0. The van der Waals surface area contributed by atoms with Crippen LogP contribution in [0.1, 0.15) is 37.8 Å². The van der Waals surface area contributed by atoms with Gasteiger partial charge in [0.1, 0.15) is 11.2 Å². The van der Waals surface area contributed by atoms with Crippen molar-refractivity contribution in [3.63, 3.8) is 0 Å². The fourth-order valence-electron chi connectivity index (χ4n) is 8.78. The second-order valence-electron chi connectivity index (χ2n) is 14.9. The lowest BCUT2D eigenvalue weighted by Crippen LogP contribution is -2.03. The molecule has 0 saturated heterocycles. The van der Waals surface area contributed by atoms with Crippen molar-refractivity contribution in [2.75, 3.05) is 0 Å². The number of fused-ring (bicyclic) bond motifs is 8. The topological polar surface area (TPSA) is 60.4 Å². The van der Waals surface area contributed by atoms with E-state index in [0.29, 0.717) is 22.3 Å². The van der Waals surface area contributed by atoms with Gasteiger partial charge < -0.3 is 8.83 Å². The van der Waals surface area contributed by atoms with Crippen LogP contribution < -0.4 is 11.3 Å². The van der Waals surface area contributed by atoms with Gasteiger partial charge in [0.05, 0.1) is 11.1 Å². The molecule has 0 radical (unpaired) electrons. The largest absolute Gasteiger partial charge is 0.422 e. The van der Waals surface area contributed by atoms with Crippen molar-refractivity contribution in [2.24, 2.45) is 0 Å². The van der Waals surface area contributed by atoms with Crippen molar-refractivity contribution in [2.45, 2.75) is 39.5 Å². The first-order valence-corrected chi connectivity index (χ1v) is 19.5. The van der Waals surface area contributed by atoms with Crippen LogP contribution in [0.2, 0.25) is 0 Å². The molecule has 0 N–H and O–H groups in total. The minimum absolute atomic E-state index is 0.365. The molecule has 10 aromatic rings. The summed E-state index contributed by atoms with van der Waals surface area (Å²) in [4.78, 5) is 27.4. The molecule has 56 heavy (non-hydrogen) atoms. The maximum atomic E-state index is 13.7. The van der Waals surface area contributed by atoms with Gasteiger partial charge in [-0.2, -0.15) is 0 Å². The van der Waals surface area contributed by atoms with Gasteiger partial charge >= 0.3 is 11.3 Å². The molecule has 0 aliphatic carbocycles. The van der Waals surface area contributed by atoms with Crippen LogP contribution in [0, 0.1) is 0 Å². The summed E-state index contributed by atoms with van der Waals surface area (Å²) in [6.07, 6.45) is 4.21. The van der Waals surface area contributed by atoms with E-state index >= 15 is 0 Å². The van der Waals surface area contributed by atoms with Gasteiger partial charge in [-0.3, -0.25) is 0 Å². The molecule has 0 aliphatic heterocycles. The van der Waals surface area contributed by atoms with E-state index in [0.717, 1.165) is 102 Å². The summed E-state index contributed by atoms with van der Waals surface area (Å²) in [5.41, 5.74) is 7.80. The van der Waals surface area contributed by atoms with Gasteiger partial charge in [0.2, 0.25) is 0 Å². The van der Waals surface area contributed by atoms with Crippen LogP contribution in [-0.4, -0.2) is 0 Å². The van der Waals surface area contributed by atoms with Crippen molar-refractivity contribution < 1.29 is 8.83 Å². The van der Waals surface area contributed by atoms with Crippen molar-refractivity contribution in [1.82, 2.24) is 0 Å². The van der Waals surface area contributed by atoms with E-state index in [1.807, 2.05) is 72.8 Å². The van der Waals surface area contributed by atoms with Gasteiger partial charge in [-0.25, -0.2) is 9.59 Å². The molecule has 0 unspecified atom stereocenters. The Hall–Kier alpha value is -6.78. The quantitative estimate of drug-likeness (QED) is 0.121. The Morgan fingerprint density at radius 1 is 0.357 bits per heavy atom. The third kappa shape index (κ3) is 5.52. The highest BCUT2D eigenvalue weighted by Crippen LogP contribution is 2.40. The lowest BCUT2D eigenvalue weighted by Gasteiger charge is -2.15. The zero-order valence-corrected chi connectivity index (χ0v) is 31.3. The zero-order chi connectivity index (χ0) is 37.9. The first kappa shape index (κ1) is 33.8. The molecule has 270 valence electrons. The Balaban J connectivity index is 1.13. The van der Waals surface area contributed by atoms with Gasteiger partial charge in [0.25, 0.3) is 0 Å². The minimum atomic E-state index is -0.365. The highest BCUT2D eigenvalue weighted by atomic mass is 16.4. The summed E-state index contributed by atoms with van der Waals surface area (Å²) in [6, 6.07) is 49.7. The summed E-state index contributed by atoms with van der Waals surface area (Å²) in [5, 5.41) is 10.2. The lowest BCUT2D eigenvalue weighted by atomic mass is 9.89. The van der Waals surface area contributed by atoms with Gasteiger partial charge in [-0.05, 0) is 114 Å². The SMILES string of the molecule is CCCc1ccc2c(ccc3oc(=O)c(-c4cccc5c(-c6cccc7c(-c8cc9c(ccc%10cc(CCC)ccc%109)oc8=O)cccc67)cccc45)cc32)c1. The Kier molecular flexibility index (Phi) is 8.14. The minimum Gasteiger partial charge on any atom is -0.422 e. The van der Waals surface area contributed by atoms with Crippen molar-refractivity contribution in [1.29, 1.82) is 0 Å². The average molecular weight is 727 g/mol. The predicted molar refractivity (Wildman–Crippen MR) is 233 cm³/mol. The van der Waals surface area contributed by atoms with E-state index in [1.165, 1.54) is 11.1 Å². The molecule has 0 atom stereocenters. The average Bonchev–Trinajstić information content (AvgIpc) is 3.22. The number of rotatable bonds is 7. The fraction of sp³-hybridized carbons (Fsp3) is 0.115. The standard InChI is InChI=1S/C52H38O4/c1-3-9-31-19-23-35-33(27-31)21-25-49-45(35)29-47(51(53)55-49)43-17-7-13-39-37(11-5-15-41(39)43)38-12-6-16-42-40(38)14-8-18-44(42)48-30-46-36-24-20-32(10-4-2)28-34(36)22-26-50(46)56-52(48)54/h5-8,11-30H,3-4,9-10H2,1-2H3. The van der Waals surface area contributed by atoms with Crippen molar-refractivity contribution >= 4 is 65.0 Å². The molecular formula is C52H38O4. The second-order valence-corrected chi connectivity index (χ2v) is 14.9. The Labute approximate surface area is 323 Å². The van der Waals surface area contributed by atoms with Crippen LogP contribution in [0.25, 0.3) is 98.4 Å². The van der Waals surface area contributed by atoms with Crippen molar-refractivity contribution in [3.05, 3.63) is 178 Å². The lowest BCUT2D eigenvalue weighted by molar-refractivity contribution is 0.563. The molecule has 0 aliphatic rings. The molecule has 2 aromatic heterocycles. The van der Waals surface area contributed by atoms with Crippen LogP contribution in [0.4, 0.5) is 0 Å². The molecular weight excluding hydrogens is 689 g/mol. The highest BCUT2D eigenvalue weighted by Gasteiger charge is 2.18. The summed E-state index contributed by atoms with van der Waals surface area (Å²) < 4.78 is 12.0.